The van der Waals surface area contributed by atoms with Gasteiger partial charge in [-0.1, -0.05) is 0 Å². The SMILES string of the molecule is CO[C@@H]1[C@H]2CC[C@H]1[C@@H](O)C2. The zero-order valence-electron chi connectivity index (χ0n) is 6.29. The number of aliphatic hydroxyl groups is 1. The number of hydrogen-bond donors (Lipinski definition) is 1. The molecule has 2 nitrogen and oxygen atoms in total. The zero-order valence-corrected chi connectivity index (χ0v) is 6.29. The van der Waals surface area contributed by atoms with Crippen LogP contribution in [0, 0.1) is 11.8 Å². The third-order valence-electron chi connectivity index (χ3n) is 3.07. The molecule has 2 fully saturated rings. The average Bonchev–Trinajstić information content (AvgIpc) is 2.42. The van der Waals surface area contributed by atoms with Crippen molar-refractivity contribution < 1.29 is 9.84 Å². The molecule has 0 aromatic heterocycles. The maximum Gasteiger partial charge on any atom is 0.0653 e. The summed E-state index contributed by atoms with van der Waals surface area (Å²) >= 11 is 0. The Hall–Kier alpha value is -0.0800. The maximum atomic E-state index is 9.44. The van der Waals surface area contributed by atoms with Crippen LogP contribution >= 0.6 is 0 Å². The molecule has 0 radical (unpaired) electrons. The van der Waals surface area contributed by atoms with Crippen molar-refractivity contribution in [1.82, 2.24) is 0 Å². The number of aliphatic hydroxyl groups excluding tert-OH is 1. The minimum atomic E-state index is -0.0660. The van der Waals surface area contributed by atoms with E-state index in [1.165, 1.54) is 12.8 Å². The van der Waals surface area contributed by atoms with E-state index in [4.69, 9.17) is 4.74 Å². The van der Waals surface area contributed by atoms with Gasteiger partial charge in [0.15, 0.2) is 0 Å². The van der Waals surface area contributed by atoms with Crippen LogP contribution in [0.4, 0.5) is 0 Å². The van der Waals surface area contributed by atoms with Gasteiger partial charge in [0, 0.05) is 13.0 Å². The minimum Gasteiger partial charge on any atom is -0.393 e. The van der Waals surface area contributed by atoms with Gasteiger partial charge in [0.25, 0.3) is 0 Å². The molecule has 2 heteroatoms. The van der Waals surface area contributed by atoms with Crippen LogP contribution in [0.5, 0.6) is 0 Å². The van der Waals surface area contributed by atoms with Crippen LogP contribution in [0.3, 0.4) is 0 Å². The molecule has 0 aromatic carbocycles. The summed E-state index contributed by atoms with van der Waals surface area (Å²) in [5.74, 6) is 1.11. The van der Waals surface area contributed by atoms with E-state index in [0.717, 1.165) is 6.42 Å². The molecule has 0 amide bonds. The zero-order chi connectivity index (χ0) is 7.14. The monoisotopic (exact) mass is 142 g/mol. The molecule has 2 bridgehead atoms. The van der Waals surface area contributed by atoms with Crippen LogP contribution in [-0.2, 0) is 4.74 Å². The van der Waals surface area contributed by atoms with E-state index in [1.807, 2.05) is 0 Å². The number of ether oxygens (including phenoxy) is 1. The van der Waals surface area contributed by atoms with E-state index < -0.39 is 0 Å². The third-order valence-corrected chi connectivity index (χ3v) is 3.07. The van der Waals surface area contributed by atoms with E-state index in [1.54, 1.807) is 7.11 Å². The molecule has 58 valence electrons. The molecule has 2 saturated carbocycles. The molecule has 4 atom stereocenters. The van der Waals surface area contributed by atoms with Gasteiger partial charge in [-0.25, -0.2) is 0 Å². The number of methoxy groups -OCH3 is 1. The standard InChI is InChI=1S/C8H14O2/c1-10-8-5-2-3-6(8)7(9)4-5/h5-9H,2-4H2,1H3/t5-,6-,7-,8+/m0/s1. The summed E-state index contributed by atoms with van der Waals surface area (Å²) in [6.45, 7) is 0. The third kappa shape index (κ3) is 0.722. The Morgan fingerprint density at radius 1 is 1.40 bits per heavy atom. The molecular formula is C8H14O2. The Labute approximate surface area is 61.2 Å². The normalized spacial score (nSPS) is 52.2. The Bertz CT molecular complexity index is 135. The lowest BCUT2D eigenvalue weighted by Crippen LogP contribution is -2.21. The van der Waals surface area contributed by atoms with Crippen molar-refractivity contribution in [1.29, 1.82) is 0 Å². The smallest absolute Gasteiger partial charge is 0.0653 e. The molecule has 0 spiro atoms. The molecule has 2 rings (SSSR count). The summed E-state index contributed by atoms with van der Waals surface area (Å²) in [6, 6.07) is 0. The average molecular weight is 142 g/mol. The molecule has 0 heterocycles. The lowest BCUT2D eigenvalue weighted by atomic mass is 9.98. The second-order valence-corrected chi connectivity index (χ2v) is 3.50. The first-order chi connectivity index (χ1) is 4.83. The van der Waals surface area contributed by atoms with Gasteiger partial charge in [-0.3, -0.25) is 0 Å². The van der Waals surface area contributed by atoms with E-state index >= 15 is 0 Å². The first kappa shape index (κ1) is 6.62. The summed E-state index contributed by atoms with van der Waals surface area (Å²) in [5, 5.41) is 9.44. The Kier molecular flexibility index (Phi) is 1.46. The molecule has 0 aliphatic heterocycles. The molecule has 0 aromatic rings. The minimum absolute atomic E-state index is 0.0660. The van der Waals surface area contributed by atoms with E-state index in [0.29, 0.717) is 17.9 Å². The Morgan fingerprint density at radius 3 is 2.50 bits per heavy atom. The first-order valence-corrected chi connectivity index (χ1v) is 4.04. The quantitative estimate of drug-likeness (QED) is 0.586. The summed E-state index contributed by atoms with van der Waals surface area (Å²) < 4.78 is 5.31. The molecule has 0 saturated heterocycles. The number of rotatable bonds is 1. The highest BCUT2D eigenvalue weighted by molar-refractivity contribution is 4.97. The van der Waals surface area contributed by atoms with Crippen LogP contribution in [-0.4, -0.2) is 24.4 Å². The highest BCUT2D eigenvalue weighted by atomic mass is 16.5. The molecule has 0 unspecified atom stereocenters. The van der Waals surface area contributed by atoms with Crippen molar-refractivity contribution in [3.8, 4) is 0 Å². The lowest BCUT2D eigenvalue weighted by molar-refractivity contribution is 0.0400. The maximum absolute atomic E-state index is 9.44. The van der Waals surface area contributed by atoms with Gasteiger partial charge < -0.3 is 9.84 Å². The highest BCUT2D eigenvalue weighted by Crippen LogP contribution is 2.46. The summed E-state index contributed by atoms with van der Waals surface area (Å²) in [5.41, 5.74) is 0. The van der Waals surface area contributed by atoms with E-state index in [9.17, 15) is 5.11 Å². The van der Waals surface area contributed by atoms with Crippen LogP contribution in [0.15, 0.2) is 0 Å². The molecule has 10 heavy (non-hydrogen) atoms. The number of fused-ring (bicyclic) bond motifs is 2. The van der Waals surface area contributed by atoms with Gasteiger partial charge in [-0.2, -0.15) is 0 Å². The highest BCUT2D eigenvalue weighted by Gasteiger charge is 2.47. The summed E-state index contributed by atoms with van der Waals surface area (Å²) in [6.07, 6.45) is 3.71. The second kappa shape index (κ2) is 2.21. The predicted molar refractivity (Wildman–Crippen MR) is 37.6 cm³/mol. The van der Waals surface area contributed by atoms with Crippen molar-refractivity contribution >= 4 is 0 Å². The molecule has 1 N–H and O–H groups in total. The van der Waals surface area contributed by atoms with E-state index in [2.05, 4.69) is 0 Å². The Balaban J connectivity index is 2.11. The van der Waals surface area contributed by atoms with Gasteiger partial charge in [-0.15, -0.1) is 0 Å². The van der Waals surface area contributed by atoms with Gasteiger partial charge in [0.05, 0.1) is 12.2 Å². The Morgan fingerprint density at radius 2 is 2.20 bits per heavy atom. The van der Waals surface area contributed by atoms with Crippen molar-refractivity contribution in [2.75, 3.05) is 7.11 Å². The predicted octanol–water partition coefficient (Wildman–Crippen LogP) is 0.792. The van der Waals surface area contributed by atoms with Crippen LogP contribution in [0.1, 0.15) is 19.3 Å². The summed E-state index contributed by atoms with van der Waals surface area (Å²) in [4.78, 5) is 0. The van der Waals surface area contributed by atoms with Gasteiger partial charge in [0.2, 0.25) is 0 Å². The largest absolute Gasteiger partial charge is 0.393 e. The number of hydrogen-bond acceptors (Lipinski definition) is 2. The van der Waals surface area contributed by atoms with E-state index in [-0.39, 0.29) is 6.10 Å². The van der Waals surface area contributed by atoms with Crippen LogP contribution in [0.25, 0.3) is 0 Å². The molecule has 2 aliphatic rings. The fourth-order valence-electron chi connectivity index (χ4n) is 2.60. The van der Waals surface area contributed by atoms with Crippen molar-refractivity contribution in [3.63, 3.8) is 0 Å². The van der Waals surface area contributed by atoms with Crippen molar-refractivity contribution in [2.24, 2.45) is 11.8 Å². The molecular weight excluding hydrogens is 128 g/mol. The second-order valence-electron chi connectivity index (χ2n) is 3.50. The van der Waals surface area contributed by atoms with Crippen LogP contribution < -0.4 is 0 Å². The van der Waals surface area contributed by atoms with Gasteiger partial charge in [0.1, 0.15) is 0 Å². The fraction of sp³-hybridized carbons (Fsp3) is 1.00. The van der Waals surface area contributed by atoms with Crippen molar-refractivity contribution in [2.45, 2.75) is 31.5 Å². The van der Waals surface area contributed by atoms with Crippen molar-refractivity contribution in [3.05, 3.63) is 0 Å². The lowest BCUT2D eigenvalue weighted by Gasteiger charge is -2.15. The molecule has 2 aliphatic carbocycles. The first-order valence-electron chi connectivity index (χ1n) is 4.04. The van der Waals surface area contributed by atoms with Crippen LogP contribution in [0.2, 0.25) is 0 Å². The fourth-order valence-corrected chi connectivity index (χ4v) is 2.60. The summed E-state index contributed by atoms with van der Waals surface area (Å²) in [7, 11) is 1.76. The topological polar surface area (TPSA) is 29.5 Å². The van der Waals surface area contributed by atoms with Gasteiger partial charge >= 0.3 is 0 Å². The van der Waals surface area contributed by atoms with Gasteiger partial charge in [-0.05, 0) is 25.2 Å².